The number of aromatic amines is 1. The number of fused-ring (bicyclic) bond motifs is 1. The monoisotopic (exact) mass is 253 g/mol. The number of hydrogen-bond donors (Lipinski definition) is 2. The van der Waals surface area contributed by atoms with Crippen LogP contribution in [0.1, 0.15) is 16.1 Å². The van der Waals surface area contributed by atoms with Crippen molar-refractivity contribution in [3.05, 3.63) is 60.0 Å². The first-order chi connectivity index (χ1) is 9.24. The normalized spacial score (nSPS) is 10.8. The summed E-state index contributed by atoms with van der Waals surface area (Å²) in [7, 11) is 1.99. The molecule has 4 heteroatoms. The fourth-order valence-electron chi connectivity index (χ4n) is 2.18. The van der Waals surface area contributed by atoms with Gasteiger partial charge in [-0.3, -0.25) is 4.79 Å². The second kappa shape index (κ2) is 4.65. The molecule has 19 heavy (non-hydrogen) atoms. The molecule has 3 aromatic rings. The lowest BCUT2D eigenvalue weighted by Crippen LogP contribution is -2.22. The average Bonchev–Trinajstić information content (AvgIpc) is 3.06. The van der Waals surface area contributed by atoms with Gasteiger partial charge >= 0.3 is 0 Å². The number of nitrogens with one attached hydrogen (secondary N) is 2. The number of aromatic nitrogens is 2. The van der Waals surface area contributed by atoms with Gasteiger partial charge in [-0.15, -0.1) is 0 Å². The van der Waals surface area contributed by atoms with E-state index in [4.69, 9.17) is 0 Å². The first-order valence-electron chi connectivity index (χ1n) is 6.19. The van der Waals surface area contributed by atoms with Crippen LogP contribution in [0.25, 0.3) is 10.9 Å². The first kappa shape index (κ1) is 11.6. The van der Waals surface area contributed by atoms with E-state index < -0.39 is 0 Å². The van der Waals surface area contributed by atoms with Crippen LogP contribution in [0.2, 0.25) is 0 Å². The van der Waals surface area contributed by atoms with Crippen molar-refractivity contribution in [2.24, 2.45) is 7.05 Å². The van der Waals surface area contributed by atoms with Crippen LogP contribution in [0.4, 0.5) is 0 Å². The smallest absolute Gasteiger partial charge is 0.251 e. The lowest BCUT2D eigenvalue weighted by Gasteiger charge is -2.04. The number of nitrogens with zero attached hydrogens (tertiary/aromatic N) is 1. The number of benzene rings is 1. The highest BCUT2D eigenvalue weighted by Crippen LogP contribution is 2.16. The highest BCUT2D eigenvalue weighted by molar-refractivity contribution is 5.98. The topological polar surface area (TPSA) is 49.8 Å². The van der Waals surface area contributed by atoms with E-state index in [1.807, 2.05) is 60.4 Å². The van der Waals surface area contributed by atoms with Crippen LogP contribution in [0, 0.1) is 0 Å². The van der Waals surface area contributed by atoms with Gasteiger partial charge in [0.05, 0.1) is 6.54 Å². The quantitative estimate of drug-likeness (QED) is 0.740. The molecule has 0 atom stereocenters. The summed E-state index contributed by atoms with van der Waals surface area (Å²) in [6.45, 7) is 0.513. The number of rotatable bonds is 3. The molecule has 1 amide bonds. The second-order valence-electron chi connectivity index (χ2n) is 4.58. The number of H-pyrrole nitrogens is 1. The predicted molar refractivity (Wildman–Crippen MR) is 74.9 cm³/mol. The molecule has 2 aromatic heterocycles. The largest absolute Gasteiger partial charge is 0.364 e. The number of amides is 1. The number of hydrogen-bond acceptors (Lipinski definition) is 1. The molecule has 0 fully saturated rings. The zero-order chi connectivity index (χ0) is 13.2. The van der Waals surface area contributed by atoms with E-state index in [-0.39, 0.29) is 5.91 Å². The maximum absolute atomic E-state index is 12.1. The van der Waals surface area contributed by atoms with Crippen LogP contribution in [0.15, 0.2) is 48.8 Å². The Morgan fingerprint density at radius 1 is 1.32 bits per heavy atom. The van der Waals surface area contributed by atoms with Gasteiger partial charge in [0, 0.05) is 41.6 Å². The molecule has 0 saturated heterocycles. The lowest BCUT2D eigenvalue weighted by atomic mass is 10.1. The van der Waals surface area contributed by atoms with Crippen molar-refractivity contribution in [2.75, 3.05) is 0 Å². The summed E-state index contributed by atoms with van der Waals surface area (Å²) in [6, 6.07) is 11.6. The van der Waals surface area contributed by atoms with Crippen LogP contribution in [0.5, 0.6) is 0 Å². The summed E-state index contributed by atoms with van der Waals surface area (Å²) in [5.41, 5.74) is 2.81. The molecule has 96 valence electrons. The molecule has 4 nitrogen and oxygen atoms in total. The standard InChI is InChI=1S/C15H15N3O/c1-18-8-6-11-9-12(4-5-14(11)18)15(19)17-10-13-3-2-7-16-13/h2-9,16H,10H2,1H3,(H,17,19). The van der Waals surface area contributed by atoms with Crippen molar-refractivity contribution < 1.29 is 4.79 Å². The third-order valence-electron chi connectivity index (χ3n) is 3.25. The molecule has 0 aliphatic carbocycles. The van der Waals surface area contributed by atoms with Crippen LogP contribution in [0.3, 0.4) is 0 Å². The van der Waals surface area contributed by atoms with Gasteiger partial charge in [0.1, 0.15) is 0 Å². The Labute approximate surface area is 111 Å². The van der Waals surface area contributed by atoms with Gasteiger partial charge in [0.15, 0.2) is 0 Å². The van der Waals surface area contributed by atoms with Crippen molar-refractivity contribution in [3.63, 3.8) is 0 Å². The number of aryl methyl sites for hydroxylation is 1. The van der Waals surface area contributed by atoms with Crippen molar-refractivity contribution in [1.82, 2.24) is 14.9 Å². The Kier molecular flexibility index (Phi) is 2.83. The van der Waals surface area contributed by atoms with E-state index in [2.05, 4.69) is 10.3 Å². The average molecular weight is 253 g/mol. The van der Waals surface area contributed by atoms with Crippen molar-refractivity contribution in [3.8, 4) is 0 Å². The fraction of sp³-hybridized carbons (Fsp3) is 0.133. The molecular formula is C15H15N3O. The molecule has 0 spiro atoms. The second-order valence-corrected chi connectivity index (χ2v) is 4.58. The molecule has 0 bridgehead atoms. The highest BCUT2D eigenvalue weighted by atomic mass is 16.1. The van der Waals surface area contributed by atoms with Gasteiger partial charge in [0.25, 0.3) is 5.91 Å². The zero-order valence-electron chi connectivity index (χ0n) is 10.7. The lowest BCUT2D eigenvalue weighted by molar-refractivity contribution is 0.0950. The highest BCUT2D eigenvalue weighted by Gasteiger charge is 2.07. The molecule has 2 N–H and O–H groups in total. The summed E-state index contributed by atoms with van der Waals surface area (Å²) in [6.07, 6.45) is 3.84. The minimum absolute atomic E-state index is 0.0552. The number of carbonyl (C=O) groups is 1. The van der Waals surface area contributed by atoms with Crippen LogP contribution < -0.4 is 5.32 Å². The van der Waals surface area contributed by atoms with Crippen molar-refractivity contribution in [1.29, 1.82) is 0 Å². The van der Waals surface area contributed by atoms with Gasteiger partial charge in [-0.2, -0.15) is 0 Å². The van der Waals surface area contributed by atoms with E-state index in [0.29, 0.717) is 12.1 Å². The minimum Gasteiger partial charge on any atom is -0.364 e. The zero-order valence-corrected chi connectivity index (χ0v) is 10.7. The third kappa shape index (κ3) is 2.25. The summed E-state index contributed by atoms with van der Waals surface area (Å²) < 4.78 is 2.04. The number of carbonyl (C=O) groups excluding carboxylic acids is 1. The Balaban J connectivity index is 1.77. The van der Waals surface area contributed by atoms with E-state index in [9.17, 15) is 4.79 Å². The molecule has 0 aliphatic rings. The first-order valence-corrected chi connectivity index (χ1v) is 6.19. The molecule has 0 radical (unpaired) electrons. The summed E-state index contributed by atoms with van der Waals surface area (Å²) in [5.74, 6) is -0.0552. The summed E-state index contributed by atoms with van der Waals surface area (Å²) >= 11 is 0. The van der Waals surface area contributed by atoms with Gasteiger partial charge in [0.2, 0.25) is 0 Å². The maximum Gasteiger partial charge on any atom is 0.251 e. The molecule has 2 heterocycles. The van der Waals surface area contributed by atoms with Gasteiger partial charge < -0.3 is 14.9 Å². The van der Waals surface area contributed by atoms with E-state index in [1.54, 1.807) is 0 Å². The molecule has 0 unspecified atom stereocenters. The molecule has 0 aliphatic heterocycles. The molecule has 3 rings (SSSR count). The Hall–Kier alpha value is -2.49. The summed E-state index contributed by atoms with van der Waals surface area (Å²) in [5, 5.41) is 3.97. The predicted octanol–water partition coefficient (Wildman–Crippen LogP) is 2.44. The Bertz CT molecular complexity index is 710. The van der Waals surface area contributed by atoms with E-state index in [1.165, 1.54) is 0 Å². The van der Waals surface area contributed by atoms with Crippen LogP contribution in [-0.2, 0) is 13.6 Å². The SMILES string of the molecule is Cn1ccc2cc(C(=O)NCc3ccc[nH]3)ccc21. The molecular weight excluding hydrogens is 238 g/mol. The third-order valence-corrected chi connectivity index (χ3v) is 3.25. The van der Waals surface area contributed by atoms with Crippen LogP contribution in [-0.4, -0.2) is 15.5 Å². The molecule has 1 aromatic carbocycles. The van der Waals surface area contributed by atoms with Gasteiger partial charge in [-0.05, 0) is 36.4 Å². The fourth-order valence-corrected chi connectivity index (χ4v) is 2.18. The van der Waals surface area contributed by atoms with Gasteiger partial charge in [-0.25, -0.2) is 0 Å². The minimum atomic E-state index is -0.0552. The molecule has 0 saturated carbocycles. The van der Waals surface area contributed by atoms with Crippen molar-refractivity contribution >= 4 is 16.8 Å². The maximum atomic E-state index is 12.1. The van der Waals surface area contributed by atoms with Crippen LogP contribution >= 0.6 is 0 Å². The Morgan fingerprint density at radius 3 is 3.00 bits per heavy atom. The van der Waals surface area contributed by atoms with E-state index >= 15 is 0 Å². The van der Waals surface area contributed by atoms with Gasteiger partial charge in [-0.1, -0.05) is 0 Å². The van der Waals surface area contributed by atoms with Crippen molar-refractivity contribution in [2.45, 2.75) is 6.54 Å². The van der Waals surface area contributed by atoms with E-state index in [0.717, 1.165) is 16.6 Å². The summed E-state index contributed by atoms with van der Waals surface area (Å²) in [4.78, 5) is 15.1. The Morgan fingerprint density at radius 2 is 2.21 bits per heavy atom.